The van der Waals surface area contributed by atoms with Gasteiger partial charge in [0, 0.05) is 29.3 Å². The summed E-state index contributed by atoms with van der Waals surface area (Å²) in [5, 5.41) is 4.87. The van der Waals surface area contributed by atoms with Gasteiger partial charge in [0.1, 0.15) is 0 Å². The van der Waals surface area contributed by atoms with Crippen LogP contribution in [0.1, 0.15) is 24.3 Å². The molecule has 1 aromatic heterocycles. The second-order valence-corrected chi connectivity index (χ2v) is 5.32. The Morgan fingerprint density at radius 2 is 2.18 bits per heavy atom. The second-order valence-electron chi connectivity index (χ2n) is 4.21. The van der Waals surface area contributed by atoms with Crippen LogP contribution in [0.4, 0.5) is 0 Å². The molecule has 2 aromatic rings. The number of hydrogen-bond donors (Lipinski definition) is 1. The zero-order valence-corrected chi connectivity index (χ0v) is 11.2. The van der Waals surface area contributed by atoms with Gasteiger partial charge in [-0.25, -0.2) is 0 Å². The second kappa shape index (κ2) is 6.15. The van der Waals surface area contributed by atoms with Crippen LogP contribution in [0.15, 0.2) is 30.3 Å². The summed E-state index contributed by atoms with van der Waals surface area (Å²) in [5.41, 5.74) is 0. The van der Waals surface area contributed by atoms with Gasteiger partial charge < -0.3 is 10.1 Å². The fourth-order valence-electron chi connectivity index (χ4n) is 1.85. The molecule has 1 atom stereocenters. The highest BCUT2D eigenvalue weighted by molar-refractivity contribution is 7.19. The minimum Gasteiger partial charge on any atom is -0.385 e. The number of hydrogen-bond acceptors (Lipinski definition) is 3. The van der Waals surface area contributed by atoms with E-state index in [2.05, 4.69) is 42.6 Å². The predicted molar refractivity (Wildman–Crippen MR) is 74.7 cm³/mol. The smallest absolute Gasteiger partial charge is 0.0474 e. The summed E-state index contributed by atoms with van der Waals surface area (Å²) >= 11 is 1.88. The van der Waals surface area contributed by atoms with Crippen LogP contribution in [0.2, 0.25) is 0 Å². The third-order valence-corrected chi connectivity index (χ3v) is 4.15. The molecule has 3 heteroatoms. The van der Waals surface area contributed by atoms with E-state index in [0.717, 1.165) is 19.6 Å². The maximum atomic E-state index is 5.04. The van der Waals surface area contributed by atoms with E-state index < -0.39 is 0 Å². The van der Waals surface area contributed by atoms with Gasteiger partial charge in [0.05, 0.1) is 0 Å². The molecule has 1 unspecified atom stereocenters. The van der Waals surface area contributed by atoms with Gasteiger partial charge in [-0.3, -0.25) is 0 Å². The van der Waals surface area contributed by atoms with Crippen LogP contribution in [-0.4, -0.2) is 20.3 Å². The lowest BCUT2D eigenvalue weighted by molar-refractivity contribution is 0.193. The third-order valence-electron chi connectivity index (χ3n) is 2.85. The SMILES string of the molecule is COCCCNC(C)c1cc2ccccc2s1. The first-order valence-electron chi connectivity index (χ1n) is 6.02. The molecule has 0 aliphatic carbocycles. The van der Waals surface area contributed by atoms with Crippen molar-refractivity contribution in [2.75, 3.05) is 20.3 Å². The number of benzene rings is 1. The fourth-order valence-corrected chi connectivity index (χ4v) is 2.94. The average Bonchev–Trinajstić information content (AvgIpc) is 2.78. The molecule has 2 rings (SSSR count). The zero-order chi connectivity index (χ0) is 12.1. The normalized spacial score (nSPS) is 13.1. The van der Waals surface area contributed by atoms with Gasteiger partial charge in [-0.2, -0.15) is 0 Å². The van der Waals surface area contributed by atoms with Crippen LogP contribution >= 0.6 is 11.3 Å². The molecule has 0 amide bonds. The number of thiophene rings is 1. The molecule has 92 valence electrons. The van der Waals surface area contributed by atoms with E-state index in [-0.39, 0.29) is 0 Å². The molecule has 1 N–H and O–H groups in total. The van der Waals surface area contributed by atoms with Crippen LogP contribution in [-0.2, 0) is 4.74 Å². The summed E-state index contributed by atoms with van der Waals surface area (Å²) in [5.74, 6) is 0. The van der Waals surface area contributed by atoms with Gasteiger partial charge in [0.2, 0.25) is 0 Å². The fraction of sp³-hybridized carbons (Fsp3) is 0.429. The number of fused-ring (bicyclic) bond motifs is 1. The van der Waals surface area contributed by atoms with Gasteiger partial charge in [0.15, 0.2) is 0 Å². The van der Waals surface area contributed by atoms with E-state index in [1.54, 1.807) is 7.11 Å². The zero-order valence-electron chi connectivity index (χ0n) is 10.4. The summed E-state index contributed by atoms with van der Waals surface area (Å²) in [6, 6.07) is 11.3. The first-order chi connectivity index (χ1) is 8.31. The molecule has 1 aromatic carbocycles. The van der Waals surface area contributed by atoms with Gasteiger partial charge in [-0.1, -0.05) is 18.2 Å². The van der Waals surface area contributed by atoms with Crippen LogP contribution in [0.3, 0.4) is 0 Å². The number of methoxy groups -OCH3 is 1. The van der Waals surface area contributed by atoms with E-state index in [1.807, 2.05) is 11.3 Å². The number of ether oxygens (including phenoxy) is 1. The molecule has 0 spiro atoms. The lowest BCUT2D eigenvalue weighted by Gasteiger charge is -2.11. The molecule has 0 aliphatic rings. The number of rotatable bonds is 6. The molecular weight excluding hydrogens is 230 g/mol. The Morgan fingerprint density at radius 3 is 2.94 bits per heavy atom. The predicted octanol–water partition coefficient (Wildman–Crippen LogP) is 3.59. The highest BCUT2D eigenvalue weighted by Crippen LogP contribution is 2.29. The van der Waals surface area contributed by atoms with Crippen LogP contribution in [0.25, 0.3) is 10.1 Å². The minimum absolute atomic E-state index is 0.421. The van der Waals surface area contributed by atoms with Gasteiger partial charge in [-0.05, 0) is 37.4 Å². The summed E-state index contributed by atoms with van der Waals surface area (Å²) < 4.78 is 6.41. The van der Waals surface area contributed by atoms with E-state index in [0.29, 0.717) is 6.04 Å². The Labute approximate surface area is 107 Å². The first-order valence-corrected chi connectivity index (χ1v) is 6.83. The van der Waals surface area contributed by atoms with Crippen molar-refractivity contribution in [2.24, 2.45) is 0 Å². The van der Waals surface area contributed by atoms with E-state index in [9.17, 15) is 0 Å². The summed E-state index contributed by atoms with van der Waals surface area (Å²) in [4.78, 5) is 1.41. The number of nitrogens with one attached hydrogen (secondary N) is 1. The largest absolute Gasteiger partial charge is 0.385 e. The van der Waals surface area contributed by atoms with Crippen molar-refractivity contribution < 1.29 is 4.74 Å². The summed E-state index contributed by atoms with van der Waals surface area (Å²) in [6.45, 7) is 4.05. The van der Waals surface area contributed by atoms with Crippen molar-refractivity contribution in [1.82, 2.24) is 5.32 Å². The molecule has 0 aliphatic heterocycles. The van der Waals surface area contributed by atoms with Crippen molar-refractivity contribution in [3.63, 3.8) is 0 Å². The summed E-state index contributed by atoms with van der Waals surface area (Å²) in [7, 11) is 1.75. The molecule has 0 radical (unpaired) electrons. The minimum atomic E-state index is 0.421. The van der Waals surface area contributed by atoms with E-state index in [4.69, 9.17) is 4.74 Å². The lowest BCUT2D eigenvalue weighted by Crippen LogP contribution is -2.19. The maximum absolute atomic E-state index is 5.04. The van der Waals surface area contributed by atoms with Gasteiger partial charge in [-0.15, -0.1) is 11.3 Å². The Morgan fingerprint density at radius 1 is 1.35 bits per heavy atom. The van der Waals surface area contributed by atoms with Gasteiger partial charge in [0.25, 0.3) is 0 Å². The Kier molecular flexibility index (Phi) is 4.54. The summed E-state index contributed by atoms with van der Waals surface area (Å²) in [6.07, 6.45) is 1.06. The van der Waals surface area contributed by atoms with Crippen molar-refractivity contribution in [2.45, 2.75) is 19.4 Å². The monoisotopic (exact) mass is 249 g/mol. The Hall–Kier alpha value is -0.900. The molecule has 0 saturated heterocycles. The van der Waals surface area contributed by atoms with Crippen molar-refractivity contribution in [3.05, 3.63) is 35.2 Å². The topological polar surface area (TPSA) is 21.3 Å². The van der Waals surface area contributed by atoms with Crippen molar-refractivity contribution in [3.8, 4) is 0 Å². The van der Waals surface area contributed by atoms with E-state index >= 15 is 0 Å². The van der Waals surface area contributed by atoms with E-state index in [1.165, 1.54) is 15.0 Å². The highest BCUT2D eigenvalue weighted by atomic mass is 32.1. The Bertz CT molecular complexity index is 433. The van der Waals surface area contributed by atoms with Crippen LogP contribution < -0.4 is 5.32 Å². The third kappa shape index (κ3) is 3.28. The Balaban J connectivity index is 1.96. The van der Waals surface area contributed by atoms with Gasteiger partial charge >= 0.3 is 0 Å². The molecule has 0 fully saturated rings. The molecule has 0 saturated carbocycles. The van der Waals surface area contributed by atoms with Crippen molar-refractivity contribution >= 4 is 21.4 Å². The average molecular weight is 249 g/mol. The van der Waals surface area contributed by atoms with Crippen LogP contribution in [0, 0.1) is 0 Å². The first kappa shape index (κ1) is 12.6. The molecule has 0 bridgehead atoms. The standard InChI is InChI=1S/C14H19NOS/c1-11(15-8-5-9-16-2)14-10-12-6-3-4-7-13(12)17-14/h3-4,6-7,10-11,15H,5,8-9H2,1-2H3. The quantitative estimate of drug-likeness (QED) is 0.790. The highest BCUT2D eigenvalue weighted by Gasteiger charge is 2.08. The molecule has 17 heavy (non-hydrogen) atoms. The van der Waals surface area contributed by atoms with Crippen LogP contribution in [0.5, 0.6) is 0 Å². The molecule has 1 heterocycles. The maximum Gasteiger partial charge on any atom is 0.0474 e. The molecule has 2 nitrogen and oxygen atoms in total. The van der Waals surface area contributed by atoms with Crippen molar-refractivity contribution in [1.29, 1.82) is 0 Å². The lowest BCUT2D eigenvalue weighted by atomic mass is 10.2. The molecular formula is C14H19NOS.